The van der Waals surface area contributed by atoms with E-state index in [2.05, 4.69) is 31.9 Å². The van der Waals surface area contributed by atoms with Gasteiger partial charge in [0.25, 0.3) is 0 Å². The second kappa shape index (κ2) is 9.83. The number of hydrogen-bond acceptors (Lipinski definition) is 5. The van der Waals surface area contributed by atoms with Crippen LogP contribution in [0.3, 0.4) is 0 Å². The number of esters is 1. The van der Waals surface area contributed by atoms with E-state index in [0.29, 0.717) is 20.4 Å². The van der Waals surface area contributed by atoms with E-state index in [-0.39, 0.29) is 16.2 Å². The normalized spacial score (nSPS) is 15.1. The Morgan fingerprint density at radius 3 is 2.23 bits per heavy atom. The lowest BCUT2D eigenvalue weighted by Crippen LogP contribution is -2.10. The highest BCUT2D eigenvalue weighted by atomic mass is 79.9. The predicted molar refractivity (Wildman–Crippen MR) is 122 cm³/mol. The van der Waals surface area contributed by atoms with E-state index in [4.69, 9.17) is 9.47 Å². The van der Waals surface area contributed by atoms with Crippen LogP contribution in [0.25, 0.3) is 0 Å². The van der Waals surface area contributed by atoms with Crippen LogP contribution in [0.15, 0.2) is 49.1 Å². The lowest BCUT2D eigenvalue weighted by atomic mass is 9.84. The standard InChI is InChI=1S/C22H24Br2O5S/c1-28-20-9-8-16(13-17(20)15-6-4-3-5-7-15)30(26,27)22-18(23)10-14(11-19(22)24)12-21(25)29-2/h8-11,13,15H,3-7,12H2,1-2H3. The van der Waals surface area contributed by atoms with Gasteiger partial charge in [0.2, 0.25) is 9.84 Å². The molecule has 1 aliphatic carbocycles. The number of rotatable bonds is 6. The first-order valence-corrected chi connectivity index (χ1v) is 12.8. The van der Waals surface area contributed by atoms with Gasteiger partial charge in [0.05, 0.1) is 25.5 Å². The van der Waals surface area contributed by atoms with Crippen LogP contribution in [0.4, 0.5) is 0 Å². The highest BCUT2D eigenvalue weighted by Crippen LogP contribution is 2.41. The summed E-state index contributed by atoms with van der Waals surface area (Å²) >= 11 is 6.76. The second-order valence-corrected chi connectivity index (χ2v) is 11.0. The molecule has 30 heavy (non-hydrogen) atoms. The first kappa shape index (κ1) is 23.3. The minimum absolute atomic E-state index is 0.0579. The van der Waals surface area contributed by atoms with E-state index in [1.54, 1.807) is 37.4 Å². The maximum absolute atomic E-state index is 13.5. The third-order valence-electron chi connectivity index (χ3n) is 5.46. The Kier molecular flexibility index (Phi) is 7.63. The van der Waals surface area contributed by atoms with Crippen LogP contribution in [0.1, 0.15) is 49.1 Å². The van der Waals surface area contributed by atoms with Crippen LogP contribution in [0.5, 0.6) is 5.75 Å². The summed E-state index contributed by atoms with van der Waals surface area (Å²) in [6.45, 7) is 0. The van der Waals surface area contributed by atoms with Gasteiger partial charge in [-0.3, -0.25) is 4.79 Å². The van der Waals surface area contributed by atoms with E-state index in [1.165, 1.54) is 13.5 Å². The molecule has 0 aliphatic heterocycles. The van der Waals surface area contributed by atoms with Gasteiger partial charge in [0.15, 0.2) is 0 Å². The molecule has 0 heterocycles. The molecule has 0 saturated heterocycles. The van der Waals surface area contributed by atoms with E-state index >= 15 is 0 Å². The van der Waals surface area contributed by atoms with Gasteiger partial charge in [0, 0.05) is 8.95 Å². The van der Waals surface area contributed by atoms with Crippen molar-refractivity contribution in [3.05, 3.63) is 50.4 Å². The Morgan fingerprint density at radius 1 is 1.03 bits per heavy atom. The maximum atomic E-state index is 13.5. The molecule has 1 aliphatic rings. The van der Waals surface area contributed by atoms with Crippen molar-refractivity contribution in [1.29, 1.82) is 0 Å². The van der Waals surface area contributed by atoms with Crippen LogP contribution in [0.2, 0.25) is 0 Å². The minimum Gasteiger partial charge on any atom is -0.496 e. The van der Waals surface area contributed by atoms with Crippen molar-refractivity contribution >= 4 is 47.7 Å². The van der Waals surface area contributed by atoms with Gasteiger partial charge < -0.3 is 9.47 Å². The summed E-state index contributed by atoms with van der Waals surface area (Å²) in [6.07, 6.45) is 5.63. The van der Waals surface area contributed by atoms with Gasteiger partial charge in [0.1, 0.15) is 10.6 Å². The minimum atomic E-state index is -3.80. The molecule has 1 saturated carbocycles. The first-order chi connectivity index (χ1) is 14.3. The predicted octanol–water partition coefficient (Wildman–Crippen LogP) is 5.82. The highest BCUT2D eigenvalue weighted by Gasteiger charge is 2.27. The van der Waals surface area contributed by atoms with Gasteiger partial charge in [-0.25, -0.2) is 8.42 Å². The largest absolute Gasteiger partial charge is 0.496 e. The second-order valence-electron chi connectivity index (χ2n) is 7.38. The molecule has 0 spiro atoms. The van der Waals surface area contributed by atoms with Gasteiger partial charge in [-0.15, -0.1) is 0 Å². The van der Waals surface area contributed by atoms with E-state index in [9.17, 15) is 13.2 Å². The summed E-state index contributed by atoms with van der Waals surface area (Å²) in [5.74, 6) is 0.641. The molecule has 2 aromatic rings. The van der Waals surface area contributed by atoms with Gasteiger partial charge in [-0.2, -0.15) is 0 Å². The Labute approximate surface area is 194 Å². The van der Waals surface area contributed by atoms with Crippen LogP contribution >= 0.6 is 31.9 Å². The fraction of sp³-hybridized carbons (Fsp3) is 0.409. The molecule has 0 N–H and O–H groups in total. The third-order valence-corrected chi connectivity index (χ3v) is 9.09. The van der Waals surface area contributed by atoms with E-state index in [0.717, 1.165) is 37.0 Å². The van der Waals surface area contributed by atoms with Gasteiger partial charge in [-0.05, 0) is 92.1 Å². The Hall–Kier alpha value is -1.38. The number of halogens is 2. The Bertz CT molecular complexity index is 1020. The van der Waals surface area contributed by atoms with Crippen molar-refractivity contribution in [1.82, 2.24) is 0 Å². The number of sulfone groups is 1. The van der Waals surface area contributed by atoms with Crippen LogP contribution < -0.4 is 4.74 Å². The fourth-order valence-corrected chi connectivity index (χ4v) is 7.90. The zero-order chi connectivity index (χ0) is 21.9. The number of methoxy groups -OCH3 is 2. The number of hydrogen-bond donors (Lipinski definition) is 0. The Balaban J connectivity index is 2.04. The maximum Gasteiger partial charge on any atom is 0.309 e. The molecular weight excluding hydrogens is 536 g/mol. The molecule has 0 radical (unpaired) electrons. The van der Waals surface area contributed by atoms with Crippen molar-refractivity contribution < 1.29 is 22.7 Å². The topological polar surface area (TPSA) is 69.7 Å². The zero-order valence-corrected chi connectivity index (χ0v) is 20.9. The third kappa shape index (κ3) is 4.92. The highest BCUT2D eigenvalue weighted by molar-refractivity contribution is 9.11. The molecular formula is C22H24Br2O5S. The molecule has 162 valence electrons. The molecule has 0 atom stereocenters. The quantitative estimate of drug-likeness (QED) is 0.417. The summed E-state index contributed by atoms with van der Waals surface area (Å²) in [6, 6.07) is 8.36. The van der Waals surface area contributed by atoms with Gasteiger partial charge in [-0.1, -0.05) is 19.3 Å². The fourth-order valence-electron chi connectivity index (χ4n) is 3.94. The number of ether oxygens (including phenoxy) is 2. The summed E-state index contributed by atoms with van der Waals surface area (Å²) in [7, 11) is -0.870. The lowest BCUT2D eigenvalue weighted by molar-refractivity contribution is -0.139. The molecule has 5 nitrogen and oxygen atoms in total. The van der Waals surface area contributed by atoms with E-state index < -0.39 is 15.8 Å². The van der Waals surface area contributed by atoms with Crippen molar-refractivity contribution in [3.8, 4) is 5.75 Å². The molecule has 8 heteroatoms. The van der Waals surface area contributed by atoms with Crippen molar-refractivity contribution in [2.45, 2.75) is 54.2 Å². The van der Waals surface area contributed by atoms with Crippen molar-refractivity contribution in [2.24, 2.45) is 0 Å². The molecule has 0 amide bonds. The van der Waals surface area contributed by atoms with Crippen LogP contribution in [-0.2, 0) is 25.8 Å². The van der Waals surface area contributed by atoms with Crippen LogP contribution in [-0.4, -0.2) is 28.6 Å². The number of carbonyl (C=O) groups excluding carboxylic acids is 1. The molecule has 0 bridgehead atoms. The SMILES string of the molecule is COC(=O)Cc1cc(Br)c(S(=O)(=O)c2ccc(OC)c(C3CCCCC3)c2)c(Br)c1. The Morgan fingerprint density at radius 2 is 1.67 bits per heavy atom. The van der Waals surface area contributed by atoms with Crippen LogP contribution in [0, 0.1) is 0 Å². The first-order valence-electron chi connectivity index (χ1n) is 9.75. The average molecular weight is 560 g/mol. The molecule has 0 aromatic heterocycles. The van der Waals surface area contributed by atoms with Gasteiger partial charge >= 0.3 is 5.97 Å². The summed E-state index contributed by atoms with van der Waals surface area (Å²) in [4.78, 5) is 11.9. The number of carbonyl (C=O) groups is 1. The summed E-state index contributed by atoms with van der Waals surface area (Å²) in [5.41, 5.74) is 1.60. The van der Waals surface area contributed by atoms with Crippen molar-refractivity contribution in [2.75, 3.05) is 14.2 Å². The smallest absolute Gasteiger partial charge is 0.309 e. The molecule has 0 unspecified atom stereocenters. The molecule has 1 fully saturated rings. The number of benzene rings is 2. The average Bonchev–Trinajstić information content (AvgIpc) is 2.73. The zero-order valence-electron chi connectivity index (χ0n) is 16.9. The van der Waals surface area contributed by atoms with E-state index in [1.807, 2.05) is 0 Å². The molecule has 3 rings (SSSR count). The van der Waals surface area contributed by atoms with Crippen molar-refractivity contribution in [3.63, 3.8) is 0 Å². The lowest BCUT2D eigenvalue weighted by Gasteiger charge is -2.24. The summed E-state index contributed by atoms with van der Waals surface area (Å²) in [5, 5.41) is 0. The summed E-state index contributed by atoms with van der Waals surface area (Å²) < 4.78 is 38.0. The molecule has 2 aromatic carbocycles. The monoisotopic (exact) mass is 558 g/mol.